The van der Waals surface area contributed by atoms with Crippen molar-refractivity contribution in [2.24, 2.45) is 35.2 Å². The second-order valence-corrected chi connectivity index (χ2v) is 39.5. The summed E-state index contributed by atoms with van der Waals surface area (Å²) < 4.78 is 28.2. The van der Waals surface area contributed by atoms with E-state index in [0.29, 0.717) is 12.1 Å². The molecule has 8 heteroatoms. The van der Waals surface area contributed by atoms with Crippen LogP contribution in [0, 0.1) is 69.2 Å². The highest BCUT2D eigenvalue weighted by atomic mass is 15.0. The second kappa shape index (κ2) is 37.6. The predicted molar refractivity (Wildman–Crippen MR) is 531 cm³/mol. The lowest BCUT2D eigenvalue weighted by molar-refractivity contribution is -0.665. The topological polar surface area (TPSA) is 58.1 Å². The van der Waals surface area contributed by atoms with Gasteiger partial charge in [0.05, 0.1) is 49.2 Å². The first kappa shape index (κ1) is 89.5. The molecule has 0 aliphatic carbocycles. The number of nitrogens with zero attached hydrogens (tertiary/aromatic N) is 8. The zero-order valence-electron chi connectivity index (χ0n) is 83.1. The van der Waals surface area contributed by atoms with Gasteiger partial charge >= 0.3 is 0 Å². The van der Waals surface area contributed by atoms with Crippen molar-refractivity contribution < 1.29 is 25.6 Å². The molecule has 0 radical (unpaired) electrons. The largest absolute Gasteiger partial charge is 0.264 e. The van der Waals surface area contributed by atoms with E-state index in [4.69, 9.17) is 2.74 Å². The molecule has 0 atom stereocenters. The highest BCUT2D eigenvalue weighted by molar-refractivity contribution is 5.99. The van der Waals surface area contributed by atoms with Crippen molar-refractivity contribution in [1.29, 1.82) is 0 Å². The Morgan fingerprint density at radius 1 is 0.312 bits per heavy atom. The van der Waals surface area contributed by atoms with Gasteiger partial charge in [0.25, 0.3) is 0 Å². The third-order valence-electron chi connectivity index (χ3n) is 26.1. The highest BCUT2D eigenvalue weighted by Crippen LogP contribution is 2.41. The van der Waals surface area contributed by atoms with E-state index in [0.717, 1.165) is 33.2 Å². The summed E-state index contributed by atoms with van der Waals surface area (Å²) in [6.45, 7) is 57.1. The van der Waals surface area contributed by atoms with Crippen LogP contribution in [0.4, 0.5) is 0 Å². The number of aryl methyl sites for hydroxylation is 9. The van der Waals surface area contributed by atoms with Crippen LogP contribution in [-0.4, -0.2) is 15.0 Å². The lowest BCUT2D eigenvalue weighted by Crippen LogP contribution is -2.35. The molecule has 642 valence electrons. The number of fused-ring (bicyclic) bond motifs is 5. The summed E-state index contributed by atoms with van der Waals surface area (Å²) >= 11 is 0. The van der Waals surface area contributed by atoms with Crippen LogP contribution in [0.25, 0.3) is 121 Å². The molecule has 125 heavy (non-hydrogen) atoms. The fraction of sp³-hybridized carbons (Fsp3) is 0.333. The normalized spacial score (nSPS) is 12.2. The summed E-state index contributed by atoms with van der Waals surface area (Å²) in [7, 11) is 10.6. The molecule has 8 aromatic carbocycles. The number of pyridine rings is 8. The van der Waals surface area contributed by atoms with Crippen LogP contribution >= 0.6 is 0 Å². The van der Waals surface area contributed by atoms with Gasteiger partial charge in [-0.05, 0) is 254 Å². The number of hydrogen-bond donors (Lipinski definition) is 0. The number of hydrogen-bond acceptors (Lipinski definition) is 3. The quantitative estimate of drug-likeness (QED) is 0.128. The van der Waals surface area contributed by atoms with Crippen LogP contribution in [0.5, 0.6) is 0 Å². The van der Waals surface area contributed by atoms with Gasteiger partial charge in [0, 0.05) is 108 Å². The molecule has 0 saturated carbocycles. The van der Waals surface area contributed by atoms with Crippen molar-refractivity contribution in [3.05, 3.63) is 333 Å². The summed E-state index contributed by atoms with van der Waals surface area (Å²) in [4.78, 5) is 12.9. The molecule has 0 amide bonds. The SMILES string of the molecule is CCC(CC)c1ccc2c(-c3ccccc3C)[n+](C)c(C)cc2c1.Cc1ccc(-c2cccnc2)cc1-c1c2ccc(C(C)(C)C)cc2cc(C)[n+]1C.Cc1ccncc1-c1c2ccc(C(C)(C)C)cc2cc(C)[n+]1C.Cc1cnccc1-c1c2ccc(C(C)(C)C)cc2cc(C)[n+]1C.[2H]c1cc2cc(C(C)(C)C)ccc2c(-c2cc(C([2H])(C)C)cc(C)c2C)[n+]1C. The summed E-state index contributed by atoms with van der Waals surface area (Å²) in [6.07, 6.45) is 14.3. The first-order chi connectivity index (χ1) is 59.7. The maximum atomic E-state index is 8.54. The average Bonchev–Trinajstić information content (AvgIpc) is 0.778. The number of rotatable bonds is 10. The van der Waals surface area contributed by atoms with Gasteiger partial charge < -0.3 is 0 Å². The zero-order valence-corrected chi connectivity index (χ0v) is 81.1. The van der Waals surface area contributed by atoms with Crippen molar-refractivity contribution in [3.63, 3.8) is 0 Å². The van der Waals surface area contributed by atoms with Gasteiger partial charge in [0.2, 0.25) is 28.5 Å². The molecule has 0 bridgehead atoms. The molecule has 0 aliphatic rings. The molecule has 0 saturated heterocycles. The molecule has 0 unspecified atom stereocenters. The Morgan fingerprint density at radius 2 is 0.720 bits per heavy atom. The highest BCUT2D eigenvalue weighted by Gasteiger charge is 2.29. The standard InChI is InChI=1S/C27H29N2.C25H32N.C23H28N.2C21H25N2/c1-18-9-10-20(21-8-7-13-28-17-21)16-25(18)26-24-12-11-23(27(3,4)5)15-22(24)14-19(2)29(26)6;1-16(2)20-13-17(3)18(4)23(15-20)24-22-10-9-21(25(5,6)7)14-19(22)11-12-26(24)8;1-6-18(7-2)19-12-13-22-20(15-19)14-17(4)24(5)23(22)21-11-9-8-10-16(21)3;1-14-13-22-10-9-18(14)20-19-8-7-17(21(3,4)5)12-16(19)11-15(2)23(20)6;1-14-9-10-22-13-19(14)20-18-8-7-17(21(3,4)5)12-16(18)11-15(2)23(20)6/h7-17H,1-6H3;9-16H,1-8H3;8-15,18H,6-7H2,1-5H3;2*7-13H,1-6H3/q5*+1/i;12D,16D;;;. The Hall–Kier alpha value is -11.7. The summed E-state index contributed by atoms with van der Waals surface area (Å²) in [5, 5.41) is 12.7. The monoisotopic (exact) mass is 1660 g/mol. The molecule has 0 aliphatic heterocycles. The van der Waals surface area contributed by atoms with Gasteiger partial charge in [-0.25, -0.2) is 4.57 Å². The third-order valence-corrected chi connectivity index (χ3v) is 26.1. The Labute approximate surface area is 751 Å². The van der Waals surface area contributed by atoms with E-state index < -0.39 is 5.89 Å². The van der Waals surface area contributed by atoms with Crippen LogP contribution in [0.15, 0.2) is 244 Å². The van der Waals surface area contributed by atoms with E-state index in [-0.39, 0.29) is 21.7 Å². The van der Waals surface area contributed by atoms with E-state index >= 15 is 0 Å². The lowest BCUT2D eigenvalue weighted by Gasteiger charge is -2.20. The molecule has 8 aromatic heterocycles. The maximum absolute atomic E-state index is 8.54. The summed E-state index contributed by atoms with van der Waals surface area (Å²) in [5.74, 6) is -0.00916. The maximum Gasteiger partial charge on any atom is 0.222 e. The van der Waals surface area contributed by atoms with Gasteiger partial charge in [0.15, 0.2) is 28.9 Å². The van der Waals surface area contributed by atoms with Crippen LogP contribution in [0.3, 0.4) is 0 Å². The van der Waals surface area contributed by atoms with Gasteiger partial charge in [-0.3, -0.25) is 15.0 Å². The smallest absolute Gasteiger partial charge is 0.222 e. The lowest BCUT2D eigenvalue weighted by atomic mass is 9.85. The molecule has 0 N–H and O–H groups in total. The Bertz CT molecular complexity index is 6660. The Kier molecular flexibility index (Phi) is 26.9. The molecular weight excluding hydrogens is 1520 g/mol. The Morgan fingerprint density at radius 3 is 1.17 bits per heavy atom. The first-order valence-corrected chi connectivity index (χ1v) is 44.9. The van der Waals surface area contributed by atoms with Crippen molar-refractivity contribution in [2.45, 2.75) is 226 Å². The van der Waals surface area contributed by atoms with Crippen molar-refractivity contribution in [2.75, 3.05) is 0 Å². The van der Waals surface area contributed by atoms with Crippen LogP contribution in [-0.2, 0) is 56.9 Å². The van der Waals surface area contributed by atoms with Gasteiger partial charge in [-0.15, -0.1) is 0 Å². The molecule has 16 rings (SSSR count). The minimum atomic E-state index is -0.667. The molecule has 0 fully saturated rings. The molecule has 8 nitrogen and oxygen atoms in total. The van der Waals surface area contributed by atoms with Crippen LogP contribution in [0.1, 0.15) is 228 Å². The van der Waals surface area contributed by atoms with Crippen molar-refractivity contribution in [3.8, 4) is 67.4 Å². The second-order valence-electron chi connectivity index (χ2n) is 39.5. The van der Waals surface area contributed by atoms with E-state index in [1.165, 1.54) is 190 Å². The Balaban J connectivity index is 0.000000145. The number of benzene rings is 8. The third kappa shape index (κ3) is 20.1. The van der Waals surface area contributed by atoms with Crippen LogP contribution < -0.4 is 22.8 Å². The fourth-order valence-corrected chi connectivity index (χ4v) is 17.4. The van der Waals surface area contributed by atoms with Crippen LogP contribution in [0.2, 0.25) is 0 Å². The predicted octanol–water partition coefficient (Wildman–Crippen LogP) is 27.8. The zero-order chi connectivity index (χ0) is 92.6. The van der Waals surface area contributed by atoms with Crippen molar-refractivity contribution in [1.82, 2.24) is 15.0 Å². The van der Waals surface area contributed by atoms with Crippen molar-refractivity contribution >= 4 is 53.9 Å². The fourth-order valence-electron chi connectivity index (χ4n) is 17.4. The molecular formula is C117H139N8+5. The van der Waals surface area contributed by atoms with Gasteiger partial charge in [-0.2, -0.15) is 18.3 Å². The summed E-state index contributed by atoms with van der Waals surface area (Å²) in [5.41, 5.74) is 35.5. The molecule has 0 spiro atoms. The molecule has 16 aromatic rings. The van der Waals surface area contributed by atoms with E-state index in [9.17, 15) is 0 Å². The minimum Gasteiger partial charge on any atom is -0.264 e. The van der Waals surface area contributed by atoms with E-state index in [2.05, 4.69) is 416 Å². The number of aromatic nitrogens is 8. The average molecular weight is 1660 g/mol. The van der Waals surface area contributed by atoms with E-state index in [1.54, 1.807) is 0 Å². The minimum absolute atomic E-state index is 0.0657. The van der Waals surface area contributed by atoms with Gasteiger partial charge in [-0.1, -0.05) is 214 Å². The van der Waals surface area contributed by atoms with E-state index in [1.807, 2.05) is 74.8 Å². The van der Waals surface area contributed by atoms with Gasteiger partial charge in [0.1, 0.15) is 36.6 Å². The summed E-state index contributed by atoms with van der Waals surface area (Å²) in [6, 6.07) is 73.4. The first-order valence-electron chi connectivity index (χ1n) is 45.9. The molecule has 8 heterocycles.